The predicted octanol–water partition coefficient (Wildman–Crippen LogP) is 7.16. The fraction of sp³-hybridized carbons (Fsp3) is 0.276. The van der Waals surface area contributed by atoms with E-state index in [2.05, 4.69) is 29.4 Å². The number of halogens is 3. The molecular weight excluding hydrogens is 497 g/mol. The van der Waals surface area contributed by atoms with Gasteiger partial charge < -0.3 is 14.8 Å². The first-order chi connectivity index (χ1) is 18.0. The number of hydrogen-bond donors (Lipinski definition) is 2. The second-order valence-corrected chi connectivity index (χ2v) is 9.36. The lowest BCUT2D eigenvalue weighted by atomic mass is 9.98. The SMILES string of the molecule is Cc1cc(C(C)Nc2cccnc2C2CC2)c2oc(-c3ccccc3)c(C)c(=O)c2c1.O=C(O)C(F)(F)F. The quantitative estimate of drug-likeness (QED) is 0.288. The minimum absolute atomic E-state index is 0.0253. The number of nitrogens with one attached hydrogen (secondary N) is 1. The summed E-state index contributed by atoms with van der Waals surface area (Å²) in [7, 11) is 0. The number of aromatic nitrogens is 1. The van der Waals surface area contributed by atoms with Crippen LogP contribution in [-0.4, -0.2) is 22.2 Å². The molecule has 0 bridgehead atoms. The third-order valence-electron chi connectivity index (χ3n) is 6.31. The van der Waals surface area contributed by atoms with Crippen LogP contribution in [0.2, 0.25) is 0 Å². The number of nitrogens with zero attached hydrogens (tertiary/aromatic N) is 1. The molecule has 0 radical (unpaired) electrons. The van der Waals surface area contributed by atoms with Crippen molar-refractivity contribution < 1.29 is 27.5 Å². The van der Waals surface area contributed by atoms with Crippen molar-refractivity contribution in [1.82, 2.24) is 4.98 Å². The summed E-state index contributed by atoms with van der Waals surface area (Å²) in [6, 6.07) is 17.9. The molecule has 2 aromatic heterocycles. The summed E-state index contributed by atoms with van der Waals surface area (Å²) in [6.45, 7) is 5.98. The van der Waals surface area contributed by atoms with E-state index >= 15 is 0 Å². The molecule has 1 unspecified atom stereocenters. The summed E-state index contributed by atoms with van der Waals surface area (Å²) in [5, 5.41) is 11.4. The lowest BCUT2D eigenvalue weighted by molar-refractivity contribution is -0.192. The minimum Gasteiger partial charge on any atom is -0.475 e. The molecule has 0 amide bonds. The summed E-state index contributed by atoms with van der Waals surface area (Å²) < 4.78 is 38.2. The first-order valence-corrected chi connectivity index (χ1v) is 12.1. The number of benzene rings is 2. The van der Waals surface area contributed by atoms with E-state index in [0.717, 1.165) is 28.1 Å². The van der Waals surface area contributed by atoms with Gasteiger partial charge in [0.2, 0.25) is 0 Å². The number of carboxylic acid groups (broad SMARTS) is 1. The van der Waals surface area contributed by atoms with Gasteiger partial charge in [-0.05, 0) is 57.4 Å². The summed E-state index contributed by atoms with van der Waals surface area (Å²) >= 11 is 0. The predicted molar refractivity (Wildman–Crippen MR) is 139 cm³/mol. The van der Waals surface area contributed by atoms with E-state index < -0.39 is 12.1 Å². The molecule has 38 heavy (non-hydrogen) atoms. The second-order valence-electron chi connectivity index (χ2n) is 9.36. The number of carbonyl (C=O) groups is 1. The Balaban J connectivity index is 0.000000426. The van der Waals surface area contributed by atoms with Gasteiger partial charge in [-0.1, -0.05) is 36.4 Å². The molecule has 2 aromatic carbocycles. The molecule has 1 atom stereocenters. The average Bonchev–Trinajstić information content (AvgIpc) is 3.72. The van der Waals surface area contributed by atoms with Crippen LogP contribution in [0.4, 0.5) is 18.9 Å². The number of carboxylic acids is 1. The Morgan fingerprint density at radius 1 is 1.11 bits per heavy atom. The van der Waals surface area contributed by atoms with Crippen molar-refractivity contribution in [3.05, 3.63) is 93.4 Å². The van der Waals surface area contributed by atoms with E-state index in [1.807, 2.05) is 62.5 Å². The highest BCUT2D eigenvalue weighted by molar-refractivity contribution is 5.84. The van der Waals surface area contributed by atoms with E-state index in [1.54, 1.807) is 0 Å². The van der Waals surface area contributed by atoms with Crippen LogP contribution < -0.4 is 10.7 Å². The van der Waals surface area contributed by atoms with E-state index in [9.17, 15) is 18.0 Å². The third kappa shape index (κ3) is 5.88. The van der Waals surface area contributed by atoms with E-state index in [1.165, 1.54) is 12.8 Å². The monoisotopic (exact) mass is 524 g/mol. The normalized spacial score (nSPS) is 13.9. The van der Waals surface area contributed by atoms with Gasteiger partial charge in [0.1, 0.15) is 11.3 Å². The van der Waals surface area contributed by atoms with Crippen molar-refractivity contribution in [3.8, 4) is 11.3 Å². The highest BCUT2D eigenvalue weighted by atomic mass is 19.4. The van der Waals surface area contributed by atoms with Crippen molar-refractivity contribution in [2.45, 2.75) is 51.7 Å². The molecule has 9 heteroatoms. The maximum Gasteiger partial charge on any atom is 0.490 e. The number of aliphatic carboxylic acids is 1. The van der Waals surface area contributed by atoms with Gasteiger partial charge >= 0.3 is 12.1 Å². The summed E-state index contributed by atoms with van der Waals surface area (Å²) in [5.74, 6) is -1.57. The molecule has 2 N–H and O–H groups in total. The zero-order valence-corrected chi connectivity index (χ0v) is 21.1. The standard InChI is InChI=1S/C27H26N2O2.C2HF3O2/c1-16-14-21(18(3)29-23-10-7-13-28-24(23)19-11-12-19)27-22(15-16)25(30)17(2)26(31-27)20-8-5-4-6-9-20;3-2(4,5)1(6)7/h4-10,13-15,18-19,29H,11-12H2,1-3H3;(H,6,7). The Labute approximate surface area is 217 Å². The summed E-state index contributed by atoms with van der Waals surface area (Å²) in [4.78, 5) is 26.8. The maximum absolute atomic E-state index is 13.3. The van der Waals surface area contributed by atoms with E-state index in [4.69, 9.17) is 14.3 Å². The highest BCUT2D eigenvalue weighted by Crippen LogP contribution is 2.43. The van der Waals surface area contributed by atoms with Crippen molar-refractivity contribution >= 4 is 22.6 Å². The van der Waals surface area contributed by atoms with Crippen LogP contribution in [0.25, 0.3) is 22.3 Å². The number of pyridine rings is 1. The molecule has 2 heterocycles. The van der Waals surface area contributed by atoms with Gasteiger partial charge in [0.05, 0.1) is 22.8 Å². The van der Waals surface area contributed by atoms with E-state index in [0.29, 0.717) is 28.2 Å². The van der Waals surface area contributed by atoms with Gasteiger partial charge in [-0.3, -0.25) is 9.78 Å². The van der Waals surface area contributed by atoms with Gasteiger partial charge in [-0.25, -0.2) is 4.79 Å². The number of fused-ring (bicyclic) bond motifs is 1. The van der Waals surface area contributed by atoms with Crippen molar-refractivity contribution in [1.29, 1.82) is 0 Å². The molecule has 1 fully saturated rings. The number of aryl methyl sites for hydroxylation is 1. The average molecular weight is 525 g/mol. The minimum atomic E-state index is -5.08. The smallest absolute Gasteiger partial charge is 0.475 e. The number of hydrogen-bond acceptors (Lipinski definition) is 5. The van der Waals surface area contributed by atoms with Crippen LogP contribution in [0.3, 0.4) is 0 Å². The Hall–Kier alpha value is -4.14. The van der Waals surface area contributed by atoms with Gasteiger partial charge in [-0.2, -0.15) is 13.2 Å². The van der Waals surface area contributed by atoms with Gasteiger partial charge in [-0.15, -0.1) is 0 Å². The van der Waals surface area contributed by atoms with Crippen LogP contribution in [0, 0.1) is 13.8 Å². The molecule has 1 aliphatic rings. The molecule has 4 aromatic rings. The van der Waals surface area contributed by atoms with Crippen LogP contribution in [0.15, 0.2) is 70.0 Å². The highest BCUT2D eigenvalue weighted by Gasteiger charge is 2.38. The van der Waals surface area contributed by atoms with Gasteiger partial charge in [0.25, 0.3) is 0 Å². The number of anilines is 1. The Morgan fingerprint density at radius 3 is 2.37 bits per heavy atom. The Morgan fingerprint density at radius 2 is 1.76 bits per heavy atom. The number of rotatable bonds is 5. The van der Waals surface area contributed by atoms with Crippen LogP contribution in [-0.2, 0) is 4.79 Å². The molecule has 0 spiro atoms. The molecule has 1 aliphatic carbocycles. The lowest BCUT2D eigenvalue weighted by Crippen LogP contribution is -2.21. The maximum atomic E-state index is 13.3. The Bertz CT molecular complexity index is 1530. The van der Waals surface area contributed by atoms with Crippen LogP contribution in [0.5, 0.6) is 0 Å². The molecule has 1 saturated carbocycles. The molecule has 5 rings (SSSR count). The van der Waals surface area contributed by atoms with Crippen molar-refractivity contribution in [3.63, 3.8) is 0 Å². The largest absolute Gasteiger partial charge is 0.490 e. The molecule has 0 aliphatic heterocycles. The summed E-state index contributed by atoms with van der Waals surface area (Å²) in [6.07, 6.45) is -0.830. The third-order valence-corrected chi connectivity index (χ3v) is 6.31. The first-order valence-electron chi connectivity index (χ1n) is 12.1. The lowest BCUT2D eigenvalue weighted by Gasteiger charge is -2.20. The summed E-state index contributed by atoms with van der Waals surface area (Å²) in [5.41, 5.74) is 6.44. The molecule has 198 valence electrons. The molecule has 0 saturated heterocycles. The second kappa shape index (κ2) is 10.7. The van der Waals surface area contributed by atoms with Gasteiger partial charge in [0.15, 0.2) is 5.43 Å². The fourth-order valence-corrected chi connectivity index (χ4v) is 4.29. The van der Waals surface area contributed by atoms with Crippen molar-refractivity contribution in [2.24, 2.45) is 0 Å². The van der Waals surface area contributed by atoms with Crippen LogP contribution >= 0.6 is 0 Å². The molecular formula is C29H27F3N2O4. The zero-order valence-electron chi connectivity index (χ0n) is 21.1. The Kier molecular flexibility index (Phi) is 7.57. The topological polar surface area (TPSA) is 92.4 Å². The zero-order chi connectivity index (χ0) is 27.6. The van der Waals surface area contributed by atoms with Gasteiger partial charge in [0, 0.05) is 28.8 Å². The van der Waals surface area contributed by atoms with Crippen molar-refractivity contribution in [2.75, 3.05) is 5.32 Å². The molecule has 6 nitrogen and oxygen atoms in total. The first kappa shape index (κ1) is 26.9. The fourth-order valence-electron chi connectivity index (χ4n) is 4.29. The van der Waals surface area contributed by atoms with Crippen LogP contribution in [0.1, 0.15) is 54.1 Å². The number of alkyl halides is 3. The van der Waals surface area contributed by atoms with E-state index in [-0.39, 0.29) is 11.5 Å².